The number of thioether (sulfide) groups is 1. The Morgan fingerprint density at radius 3 is 2.61 bits per heavy atom. The number of rotatable bonds is 9. The lowest BCUT2D eigenvalue weighted by molar-refractivity contribution is -0.113. The molecule has 9 heteroatoms. The molecule has 0 aliphatic heterocycles. The summed E-state index contributed by atoms with van der Waals surface area (Å²) in [6.45, 7) is 8.79. The molecule has 7 nitrogen and oxygen atoms in total. The van der Waals surface area contributed by atoms with Gasteiger partial charge in [0.25, 0.3) is 0 Å². The van der Waals surface area contributed by atoms with Gasteiger partial charge in [-0.25, -0.2) is 4.98 Å². The van der Waals surface area contributed by atoms with Crippen LogP contribution in [-0.4, -0.2) is 31.4 Å². The van der Waals surface area contributed by atoms with Crippen molar-refractivity contribution in [2.24, 2.45) is 0 Å². The summed E-state index contributed by atoms with van der Waals surface area (Å²) in [4.78, 5) is 17.4. The van der Waals surface area contributed by atoms with Gasteiger partial charge in [0.05, 0.1) is 16.0 Å². The molecule has 0 fully saturated rings. The van der Waals surface area contributed by atoms with Crippen LogP contribution in [0.25, 0.3) is 20.8 Å². The standard InChI is InChI=1S/C29H29N5O2S2/c1-5-34-27(20(4)36-23-8-6-7-18(2)15-23)32-33-29(34)37-17-26(35)30-22-12-10-21(11-13-22)28-31-24-14-9-19(3)16-25(24)38-28/h6-16,20H,5,17H2,1-4H3,(H,30,35). The topological polar surface area (TPSA) is 81.9 Å². The molecule has 1 atom stereocenters. The van der Waals surface area contributed by atoms with Gasteiger partial charge in [0.1, 0.15) is 10.8 Å². The number of anilines is 1. The number of carbonyl (C=O) groups is 1. The summed E-state index contributed by atoms with van der Waals surface area (Å²) in [5, 5.41) is 13.3. The molecule has 0 aliphatic rings. The maximum Gasteiger partial charge on any atom is 0.234 e. The average molecular weight is 544 g/mol. The van der Waals surface area contributed by atoms with Crippen LogP contribution in [0.4, 0.5) is 5.69 Å². The number of amides is 1. The number of nitrogens with one attached hydrogen (secondary N) is 1. The predicted molar refractivity (Wildman–Crippen MR) is 155 cm³/mol. The zero-order valence-corrected chi connectivity index (χ0v) is 23.4. The zero-order valence-electron chi connectivity index (χ0n) is 21.8. The summed E-state index contributed by atoms with van der Waals surface area (Å²) in [7, 11) is 0. The number of thiazole rings is 1. The number of hydrogen-bond donors (Lipinski definition) is 1. The molecule has 3 aromatic carbocycles. The fourth-order valence-electron chi connectivity index (χ4n) is 4.13. The third kappa shape index (κ3) is 5.89. The lowest BCUT2D eigenvalue weighted by Crippen LogP contribution is -2.15. The van der Waals surface area contributed by atoms with Crippen LogP contribution in [0.1, 0.15) is 36.9 Å². The van der Waals surface area contributed by atoms with E-state index in [0.717, 1.165) is 38.9 Å². The van der Waals surface area contributed by atoms with E-state index in [0.29, 0.717) is 11.7 Å². The molecule has 2 heterocycles. The van der Waals surface area contributed by atoms with Crippen molar-refractivity contribution in [1.82, 2.24) is 19.7 Å². The molecule has 5 rings (SSSR count). The normalized spacial score (nSPS) is 12.0. The van der Waals surface area contributed by atoms with Crippen molar-refractivity contribution in [2.45, 2.75) is 45.5 Å². The Bertz CT molecular complexity index is 1580. The van der Waals surface area contributed by atoms with Crippen molar-refractivity contribution >= 4 is 44.9 Å². The van der Waals surface area contributed by atoms with Gasteiger partial charge in [-0.2, -0.15) is 0 Å². The highest BCUT2D eigenvalue weighted by molar-refractivity contribution is 7.99. The van der Waals surface area contributed by atoms with Gasteiger partial charge in [0.15, 0.2) is 17.1 Å². The Labute approximate surface area is 230 Å². The number of aromatic nitrogens is 4. The van der Waals surface area contributed by atoms with Crippen LogP contribution in [0.3, 0.4) is 0 Å². The van der Waals surface area contributed by atoms with E-state index in [1.165, 1.54) is 22.0 Å². The summed E-state index contributed by atoms with van der Waals surface area (Å²) in [5.74, 6) is 1.65. The van der Waals surface area contributed by atoms with E-state index in [1.54, 1.807) is 11.3 Å². The summed E-state index contributed by atoms with van der Waals surface area (Å²) in [5.41, 5.74) is 5.14. The van der Waals surface area contributed by atoms with Crippen molar-refractivity contribution in [2.75, 3.05) is 11.1 Å². The SMILES string of the molecule is CCn1c(SCC(=O)Nc2ccc(-c3nc4ccc(C)cc4s3)cc2)nnc1C(C)Oc1cccc(C)c1. The quantitative estimate of drug-likeness (QED) is 0.200. The number of carbonyl (C=O) groups excluding carboxylic acids is 1. The molecule has 0 radical (unpaired) electrons. The summed E-state index contributed by atoms with van der Waals surface area (Å²) in [6.07, 6.45) is -0.273. The van der Waals surface area contributed by atoms with Crippen molar-refractivity contribution in [3.63, 3.8) is 0 Å². The van der Waals surface area contributed by atoms with Crippen molar-refractivity contribution in [3.8, 4) is 16.3 Å². The van der Waals surface area contributed by atoms with Crippen molar-refractivity contribution < 1.29 is 9.53 Å². The second-order valence-electron chi connectivity index (χ2n) is 9.07. The van der Waals surface area contributed by atoms with Gasteiger partial charge in [-0.15, -0.1) is 21.5 Å². The van der Waals surface area contributed by atoms with E-state index >= 15 is 0 Å². The zero-order chi connectivity index (χ0) is 26.6. The van der Waals surface area contributed by atoms with Crippen LogP contribution in [0.15, 0.2) is 71.9 Å². The molecule has 1 N–H and O–H groups in total. The van der Waals surface area contributed by atoms with Crippen LogP contribution in [0.2, 0.25) is 0 Å². The van der Waals surface area contributed by atoms with Crippen LogP contribution in [-0.2, 0) is 11.3 Å². The van der Waals surface area contributed by atoms with Gasteiger partial charge < -0.3 is 14.6 Å². The molecule has 194 valence electrons. The van der Waals surface area contributed by atoms with E-state index in [1.807, 2.05) is 73.9 Å². The number of hydrogen-bond acceptors (Lipinski definition) is 7. The Morgan fingerprint density at radius 1 is 1.05 bits per heavy atom. The Balaban J connectivity index is 1.19. The van der Waals surface area contributed by atoms with E-state index in [2.05, 4.69) is 40.6 Å². The van der Waals surface area contributed by atoms with Crippen LogP contribution >= 0.6 is 23.1 Å². The first-order chi connectivity index (χ1) is 18.4. The third-order valence-corrected chi connectivity index (χ3v) is 8.05. The first-order valence-corrected chi connectivity index (χ1v) is 14.3. The molecule has 0 saturated heterocycles. The predicted octanol–water partition coefficient (Wildman–Crippen LogP) is 7.06. The molecule has 0 aliphatic carbocycles. The first-order valence-electron chi connectivity index (χ1n) is 12.5. The highest BCUT2D eigenvalue weighted by atomic mass is 32.2. The lowest BCUT2D eigenvalue weighted by atomic mass is 10.2. The molecule has 1 amide bonds. The Kier molecular flexibility index (Phi) is 7.76. The maximum absolute atomic E-state index is 12.7. The van der Waals surface area contributed by atoms with E-state index < -0.39 is 0 Å². The highest BCUT2D eigenvalue weighted by Crippen LogP contribution is 2.31. The van der Waals surface area contributed by atoms with Crippen LogP contribution in [0, 0.1) is 13.8 Å². The van der Waals surface area contributed by atoms with Gasteiger partial charge in [-0.05, 0) is 87.4 Å². The average Bonchev–Trinajstić information content (AvgIpc) is 3.51. The first kappa shape index (κ1) is 25.9. The molecule has 5 aromatic rings. The number of ether oxygens (including phenoxy) is 1. The third-order valence-electron chi connectivity index (χ3n) is 6.02. The van der Waals surface area contributed by atoms with E-state index in [9.17, 15) is 4.79 Å². The number of benzene rings is 3. The molecule has 0 bridgehead atoms. The molecular weight excluding hydrogens is 514 g/mol. The fraction of sp³-hybridized carbons (Fsp3) is 0.241. The summed E-state index contributed by atoms with van der Waals surface area (Å²) >= 11 is 3.04. The largest absolute Gasteiger partial charge is 0.483 e. The number of fused-ring (bicyclic) bond motifs is 1. The minimum absolute atomic E-state index is 0.102. The van der Waals surface area contributed by atoms with Crippen LogP contribution in [0.5, 0.6) is 5.75 Å². The smallest absolute Gasteiger partial charge is 0.234 e. The molecule has 0 saturated carbocycles. The number of nitrogens with zero attached hydrogens (tertiary/aromatic N) is 4. The van der Waals surface area contributed by atoms with Gasteiger partial charge in [0.2, 0.25) is 5.91 Å². The molecule has 0 spiro atoms. The summed E-state index contributed by atoms with van der Waals surface area (Å²) < 4.78 is 9.26. The molecule has 1 unspecified atom stereocenters. The fourth-order valence-corrected chi connectivity index (χ4v) is 6.01. The highest BCUT2D eigenvalue weighted by Gasteiger charge is 2.19. The molecule has 2 aromatic heterocycles. The summed E-state index contributed by atoms with van der Waals surface area (Å²) in [6, 6.07) is 22.0. The van der Waals surface area contributed by atoms with Crippen LogP contribution < -0.4 is 10.1 Å². The van der Waals surface area contributed by atoms with Crippen molar-refractivity contribution in [3.05, 3.63) is 83.7 Å². The van der Waals surface area contributed by atoms with Gasteiger partial charge >= 0.3 is 0 Å². The van der Waals surface area contributed by atoms with Gasteiger partial charge in [0, 0.05) is 17.8 Å². The Morgan fingerprint density at radius 2 is 1.84 bits per heavy atom. The van der Waals surface area contributed by atoms with E-state index in [-0.39, 0.29) is 17.8 Å². The minimum atomic E-state index is -0.273. The lowest BCUT2D eigenvalue weighted by Gasteiger charge is -2.16. The maximum atomic E-state index is 12.7. The van der Waals surface area contributed by atoms with Gasteiger partial charge in [-0.1, -0.05) is 30.0 Å². The monoisotopic (exact) mass is 543 g/mol. The van der Waals surface area contributed by atoms with Gasteiger partial charge in [-0.3, -0.25) is 4.79 Å². The second kappa shape index (κ2) is 11.4. The van der Waals surface area contributed by atoms with E-state index in [4.69, 9.17) is 9.72 Å². The molecule has 38 heavy (non-hydrogen) atoms. The second-order valence-corrected chi connectivity index (χ2v) is 11.0. The Hall–Kier alpha value is -3.69. The molecular formula is C29H29N5O2S2. The number of aryl methyl sites for hydroxylation is 2. The minimum Gasteiger partial charge on any atom is -0.483 e. The van der Waals surface area contributed by atoms with Crippen molar-refractivity contribution in [1.29, 1.82) is 0 Å².